The number of nitrogens with zero attached hydrogens (tertiary/aromatic N) is 1. The van der Waals surface area contributed by atoms with E-state index in [2.05, 4.69) is 19.2 Å². The molecule has 0 bridgehead atoms. The maximum Gasteiger partial charge on any atom is 0.235 e. The third-order valence-corrected chi connectivity index (χ3v) is 4.12. The molecular weight excluding hydrogens is 256 g/mol. The lowest BCUT2D eigenvalue weighted by Gasteiger charge is -2.33. The van der Waals surface area contributed by atoms with Crippen LogP contribution in [0.5, 0.6) is 0 Å². The summed E-state index contributed by atoms with van der Waals surface area (Å²) in [7, 11) is 0. The standard InChI is InChI=1S/C12H24N2OS.ClH/c1-4-5-8-16-11(3)12(15)14-7-6-13-10(2)9-14;/h10-11,13H,4-9H2,1-3H3;1H. The van der Waals surface area contributed by atoms with Gasteiger partial charge in [-0.2, -0.15) is 0 Å². The number of hydrogen-bond acceptors (Lipinski definition) is 3. The van der Waals surface area contributed by atoms with Gasteiger partial charge in [0.15, 0.2) is 0 Å². The zero-order valence-electron chi connectivity index (χ0n) is 11.1. The molecule has 2 unspecified atom stereocenters. The first kappa shape index (κ1) is 17.1. The number of thioether (sulfide) groups is 1. The summed E-state index contributed by atoms with van der Waals surface area (Å²) in [5, 5.41) is 3.48. The Labute approximate surface area is 115 Å². The van der Waals surface area contributed by atoms with Gasteiger partial charge in [-0.1, -0.05) is 13.3 Å². The smallest absolute Gasteiger partial charge is 0.235 e. The molecule has 0 spiro atoms. The van der Waals surface area contributed by atoms with E-state index in [0.29, 0.717) is 11.9 Å². The highest BCUT2D eigenvalue weighted by Gasteiger charge is 2.24. The molecule has 0 aromatic carbocycles. The summed E-state index contributed by atoms with van der Waals surface area (Å²) in [5.74, 6) is 1.42. The number of nitrogens with one attached hydrogen (secondary N) is 1. The highest BCUT2D eigenvalue weighted by Crippen LogP contribution is 2.16. The molecular formula is C12H25ClN2OS. The number of carbonyl (C=O) groups excluding carboxylic acids is 1. The van der Waals surface area contributed by atoms with Crippen molar-refractivity contribution < 1.29 is 4.79 Å². The monoisotopic (exact) mass is 280 g/mol. The lowest BCUT2D eigenvalue weighted by atomic mass is 10.2. The summed E-state index contributed by atoms with van der Waals surface area (Å²) in [4.78, 5) is 14.1. The zero-order chi connectivity index (χ0) is 12.0. The molecule has 1 rings (SSSR count). The first-order chi connectivity index (χ1) is 7.65. The summed E-state index contributed by atoms with van der Waals surface area (Å²) in [6, 6.07) is 0.436. The molecule has 102 valence electrons. The minimum atomic E-state index is 0. The number of unbranched alkanes of at least 4 members (excludes halogenated alkanes) is 1. The first-order valence-electron chi connectivity index (χ1n) is 6.29. The summed E-state index contributed by atoms with van der Waals surface area (Å²) < 4.78 is 0. The van der Waals surface area contributed by atoms with E-state index in [9.17, 15) is 4.79 Å². The van der Waals surface area contributed by atoms with Crippen molar-refractivity contribution in [1.82, 2.24) is 10.2 Å². The van der Waals surface area contributed by atoms with Gasteiger partial charge in [0.2, 0.25) is 5.91 Å². The second kappa shape index (κ2) is 9.06. The van der Waals surface area contributed by atoms with Crippen LogP contribution in [0.2, 0.25) is 0 Å². The van der Waals surface area contributed by atoms with Crippen LogP contribution in [0.3, 0.4) is 0 Å². The van der Waals surface area contributed by atoms with E-state index in [4.69, 9.17) is 0 Å². The molecule has 0 radical (unpaired) electrons. The fraction of sp³-hybridized carbons (Fsp3) is 0.917. The van der Waals surface area contributed by atoms with Gasteiger partial charge in [-0.25, -0.2) is 0 Å². The highest BCUT2D eigenvalue weighted by molar-refractivity contribution is 8.00. The van der Waals surface area contributed by atoms with Gasteiger partial charge in [-0.3, -0.25) is 4.79 Å². The van der Waals surface area contributed by atoms with E-state index in [1.165, 1.54) is 12.8 Å². The van der Waals surface area contributed by atoms with Gasteiger partial charge in [0.1, 0.15) is 0 Å². The van der Waals surface area contributed by atoms with Crippen molar-refractivity contribution in [2.24, 2.45) is 0 Å². The van der Waals surface area contributed by atoms with Gasteiger partial charge in [-0.05, 0) is 26.0 Å². The molecule has 1 fully saturated rings. The minimum Gasteiger partial charge on any atom is -0.339 e. The second-order valence-corrected chi connectivity index (χ2v) is 5.95. The van der Waals surface area contributed by atoms with Crippen LogP contribution in [0.4, 0.5) is 0 Å². The van der Waals surface area contributed by atoms with Crippen molar-refractivity contribution in [3.05, 3.63) is 0 Å². The predicted molar refractivity (Wildman–Crippen MR) is 78.1 cm³/mol. The van der Waals surface area contributed by atoms with Crippen LogP contribution in [0.25, 0.3) is 0 Å². The maximum absolute atomic E-state index is 12.1. The van der Waals surface area contributed by atoms with Crippen LogP contribution < -0.4 is 5.32 Å². The van der Waals surface area contributed by atoms with Gasteiger partial charge in [-0.15, -0.1) is 24.2 Å². The Bertz CT molecular complexity index is 229. The van der Waals surface area contributed by atoms with Gasteiger partial charge in [0.25, 0.3) is 0 Å². The van der Waals surface area contributed by atoms with Crippen molar-refractivity contribution in [2.75, 3.05) is 25.4 Å². The van der Waals surface area contributed by atoms with Crippen LogP contribution in [-0.4, -0.2) is 47.5 Å². The fourth-order valence-corrected chi connectivity index (χ4v) is 2.97. The molecule has 0 aromatic heterocycles. The molecule has 0 saturated carbocycles. The number of piperazine rings is 1. The van der Waals surface area contributed by atoms with E-state index >= 15 is 0 Å². The quantitative estimate of drug-likeness (QED) is 0.784. The van der Waals surface area contributed by atoms with Crippen LogP contribution in [0.15, 0.2) is 0 Å². The number of hydrogen-bond donors (Lipinski definition) is 1. The summed E-state index contributed by atoms with van der Waals surface area (Å²) in [6.07, 6.45) is 2.42. The largest absolute Gasteiger partial charge is 0.339 e. The van der Waals surface area contributed by atoms with Crippen molar-refractivity contribution in [3.8, 4) is 0 Å². The van der Waals surface area contributed by atoms with E-state index in [0.717, 1.165) is 25.4 Å². The SMILES string of the molecule is CCCCSC(C)C(=O)N1CCNC(C)C1.Cl. The average Bonchev–Trinajstić information content (AvgIpc) is 2.28. The Kier molecular flexibility index (Phi) is 9.10. The first-order valence-corrected chi connectivity index (χ1v) is 7.33. The maximum atomic E-state index is 12.1. The number of rotatable bonds is 5. The molecule has 1 amide bonds. The molecule has 1 N–H and O–H groups in total. The average molecular weight is 281 g/mol. The van der Waals surface area contributed by atoms with E-state index < -0.39 is 0 Å². The summed E-state index contributed by atoms with van der Waals surface area (Å²) in [5.41, 5.74) is 0. The molecule has 1 aliphatic heterocycles. The van der Waals surface area contributed by atoms with Crippen LogP contribution in [-0.2, 0) is 4.79 Å². The fourth-order valence-electron chi connectivity index (χ4n) is 1.87. The lowest BCUT2D eigenvalue weighted by molar-refractivity contribution is -0.131. The van der Waals surface area contributed by atoms with E-state index in [1.807, 2.05) is 11.8 Å². The summed E-state index contributed by atoms with van der Waals surface area (Å²) in [6.45, 7) is 9.01. The molecule has 0 aromatic rings. The Balaban J connectivity index is 0.00000256. The number of halogens is 1. The third kappa shape index (κ3) is 5.98. The molecule has 2 atom stereocenters. The Morgan fingerprint density at radius 2 is 2.29 bits per heavy atom. The molecule has 1 heterocycles. The van der Waals surface area contributed by atoms with Crippen LogP contribution in [0.1, 0.15) is 33.6 Å². The van der Waals surface area contributed by atoms with E-state index in [1.54, 1.807) is 11.8 Å². The van der Waals surface area contributed by atoms with Crippen LogP contribution in [0, 0.1) is 0 Å². The van der Waals surface area contributed by atoms with E-state index in [-0.39, 0.29) is 17.7 Å². The number of carbonyl (C=O) groups is 1. The van der Waals surface area contributed by atoms with Gasteiger partial charge < -0.3 is 10.2 Å². The topological polar surface area (TPSA) is 32.3 Å². The minimum absolute atomic E-state index is 0. The molecule has 17 heavy (non-hydrogen) atoms. The molecule has 1 saturated heterocycles. The van der Waals surface area contributed by atoms with Crippen molar-refractivity contribution in [3.63, 3.8) is 0 Å². The summed E-state index contributed by atoms with van der Waals surface area (Å²) >= 11 is 1.79. The van der Waals surface area contributed by atoms with Gasteiger partial charge in [0.05, 0.1) is 5.25 Å². The van der Waals surface area contributed by atoms with Crippen molar-refractivity contribution in [1.29, 1.82) is 0 Å². The second-order valence-electron chi connectivity index (χ2n) is 4.51. The normalized spacial score (nSPS) is 21.8. The third-order valence-electron chi connectivity index (χ3n) is 2.89. The highest BCUT2D eigenvalue weighted by atomic mass is 35.5. The van der Waals surface area contributed by atoms with Crippen LogP contribution >= 0.6 is 24.2 Å². The molecule has 1 aliphatic rings. The zero-order valence-corrected chi connectivity index (χ0v) is 12.7. The molecule has 5 heteroatoms. The Hall–Kier alpha value is 0.0700. The predicted octanol–water partition coefficient (Wildman–Crippen LogP) is 2.15. The molecule has 0 aliphatic carbocycles. The lowest BCUT2D eigenvalue weighted by Crippen LogP contribution is -2.53. The Morgan fingerprint density at radius 1 is 1.59 bits per heavy atom. The molecule has 3 nitrogen and oxygen atoms in total. The number of amides is 1. The van der Waals surface area contributed by atoms with Gasteiger partial charge in [0, 0.05) is 25.7 Å². The van der Waals surface area contributed by atoms with Gasteiger partial charge >= 0.3 is 0 Å². The Morgan fingerprint density at radius 3 is 2.88 bits per heavy atom. The van der Waals surface area contributed by atoms with Crippen molar-refractivity contribution >= 4 is 30.1 Å². The van der Waals surface area contributed by atoms with Crippen molar-refractivity contribution in [2.45, 2.75) is 44.9 Å².